The van der Waals surface area contributed by atoms with Crippen LogP contribution in [0.25, 0.3) is 0 Å². The Morgan fingerprint density at radius 1 is 0.913 bits per heavy atom. The van der Waals surface area contributed by atoms with Gasteiger partial charge in [0, 0.05) is 32.2 Å². The quantitative estimate of drug-likeness (QED) is 0.801. The highest BCUT2D eigenvalue weighted by Crippen LogP contribution is 2.17. The van der Waals surface area contributed by atoms with E-state index in [0.29, 0.717) is 11.4 Å². The third kappa shape index (κ3) is 4.78. The summed E-state index contributed by atoms with van der Waals surface area (Å²) < 4.78 is 25.6. The molecule has 2 aromatic rings. The fourth-order valence-corrected chi connectivity index (χ4v) is 3.38. The van der Waals surface area contributed by atoms with Crippen molar-refractivity contribution in [1.82, 2.24) is 9.21 Å². The van der Waals surface area contributed by atoms with Gasteiger partial charge >= 0.3 is 0 Å². The number of rotatable bonds is 6. The van der Waals surface area contributed by atoms with Crippen LogP contribution < -0.4 is 0 Å². The van der Waals surface area contributed by atoms with Crippen LogP contribution >= 0.6 is 11.6 Å². The van der Waals surface area contributed by atoms with Gasteiger partial charge in [-0.25, -0.2) is 12.7 Å². The van der Waals surface area contributed by atoms with Gasteiger partial charge in [0.1, 0.15) is 0 Å². The predicted octanol–water partition coefficient (Wildman–Crippen LogP) is 3.22. The molecule has 0 radical (unpaired) electrons. The minimum atomic E-state index is -3.40. The van der Waals surface area contributed by atoms with Crippen molar-refractivity contribution in [2.45, 2.75) is 18.0 Å². The Morgan fingerprint density at radius 3 is 2.13 bits per heavy atom. The monoisotopic (exact) mass is 352 g/mol. The molecular formula is C17H21ClN2O2S. The molecule has 124 valence electrons. The molecule has 0 amide bonds. The Hall–Kier alpha value is -1.40. The number of hydrogen-bond donors (Lipinski definition) is 0. The van der Waals surface area contributed by atoms with Crippen LogP contribution in [0.1, 0.15) is 11.1 Å². The smallest absolute Gasteiger partial charge is 0.242 e. The molecule has 0 spiro atoms. The van der Waals surface area contributed by atoms with E-state index < -0.39 is 10.0 Å². The first-order valence-corrected chi connectivity index (χ1v) is 9.05. The number of hydrogen-bond acceptors (Lipinski definition) is 3. The summed E-state index contributed by atoms with van der Waals surface area (Å²) >= 11 is 5.89. The molecule has 0 aliphatic heterocycles. The topological polar surface area (TPSA) is 40.6 Å². The van der Waals surface area contributed by atoms with Gasteiger partial charge in [-0.2, -0.15) is 0 Å². The van der Waals surface area contributed by atoms with Crippen LogP contribution in [0.4, 0.5) is 0 Å². The van der Waals surface area contributed by atoms with Crippen molar-refractivity contribution >= 4 is 21.6 Å². The van der Waals surface area contributed by atoms with Crippen molar-refractivity contribution < 1.29 is 8.42 Å². The number of nitrogens with zero attached hydrogens (tertiary/aromatic N) is 2. The van der Waals surface area contributed by atoms with Crippen molar-refractivity contribution in [3.8, 4) is 0 Å². The summed E-state index contributed by atoms with van der Waals surface area (Å²) in [6.07, 6.45) is 0. The molecule has 0 saturated carbocycles. The molecule has 0 aliphatic rings. The standard InChI is InChI=1S/C17H21ClN2O2S/c1-19(2)23(21,22)17-6-4-5-15(11-17)13-20(3)12-14-7-9-16(18)10-8-14/h4-11H,12-13H2,1-3H3. The molecular weight excluding hydrogens is 332 g/mol. The lowest BCUT2D eigenvalue weighted by Gasteiger charge is -2.18. The Balaban J connectivity index is 2.09. The fraction of sp³-hybridized carbons (Fsp3) is 0.294. The molecule has 0 atom stereocenters. The lowest BCUT2D eigenvalue weighted by molar-refractivity contribution is 0.319. The number of halogens is 1. The summed E-state index contributed by atoms with van der Waals surface area (Å²) in [6, 6.07) is 14.8. The maximum atomic E-state index is 12.2. The lowest BCUT2D eigenvalue weighted by Crippen LogP contribution is -2.22. The van der Waals surface area contributed by atoms with E-state index in [4.69, 9.17) is 11.6 Å². The van der Waals surface area contributed by atoms with Crippen molar-refractivity contribution in [3.63, 3.8) is 0 Å². The van der Waals surface area contributed by atoms with Gasteiger partial charge in [0.2, 0.25) is 10.0 Å². The van der Waals surface area contributed by atoms with E-state index in [2.05, 4.69) is 4.90 Å². The van der Waals surface area contributed by atoms with Crippen LogP contribution in [0.2, 0.25) is 5.02 Å². The number of sulfonamides is 1. The summed E-state index contributed by atoms with van der Waals surface area (Å²) in [7, 11) is 1.68. The third-order valence-corrected chi connectivity index (χ3v) is 5.56. The molecule has 2 aromatic carbocycles. The highest BCUT2D eigenvalue weighted by atomic mass is 35.5. The van der Waals surface area contributed by atoms with Crippen LogP contribution in [0, 0.1) is 0 Å². The first-order chi connectivity index (χ1) is 10.8. The Labute approximate surface area is 143 Å². The first-order valence-electron chi connectivity index (χ1n) is 7.23. The first kappa shape index (κ1) is 17.9. The molecule has 0 saturated heterocycles. The molecule has 0 aliphatic carbocycles. The predicted molar refractivity (Wildman–Crippen MR) is 93.9 cm³/mol. The minimum absolute atomic E-state index is 0.319. The van der Waals surface area contributed by atoms with Crippen molar-refractivity contribution in [2.75, 3.05) is 21.1 Å². The van der Waals surface area contributed by atoms with Gasteiger partial charge in [-0.15, -0.1) is 0 Å². The average Bonchev–Trinajstić information content (AvgIpc) is 2.49. The van der Waals surface area contributed by atoms with Crippen LogP contribution in [0.3, 0.4) is 0 Å². The molecule has 0 bridgehead atoms. The molecule has 4 nitrogen and oxygen atoms in total. The Kier molecular flexibility index (Phi) is 5.81. The number of benzene rings is 2. The van der Waals surface area contributed by atoms with E-state index in [1.165, 1.54) is 18.4 Å². The van der Waals surface area contributed by atoms with Crippen molar-refractivity contribution in [1.29, 1.82) is 0 Å². The van der Waals surface area contributed by atoms with Gasteiger partial charge in [-0.05, 0) is 42.4 Å². The second-order valence-corrected chi connectivity index (χ2v) is 8.32. The highest BCUT2D eigenvalue weighted by Gasteiger charge is 2.17. The normalized spacial score (nSPS) is 12.1. The lowest BCUT2D eigenvalue weighted by atomic mass is 10.2. The second kappa shape index (κ2) is 7.45. The van der Waals surface area contributed by atoms with Gasteiger partial charge in [-0.1, -0.05) is 35.9 Å². The molecule has 6 heteroatoms. The van der Waals surface area contributed by atoms with Gasteiger partial charge in [-0.3, -0.25) is 4.90 Å². The van der Waals surface area contributed by atoms with E-state index in [1.807, 2.05) is 37.4 Å². The summed E-state index contributed by atoms with van der Waals surface area (Å²) in [5.41, 5.74) is 2.12. The van der Waals surface area contributed by atoms with Crippen molar-refractivity contribution in [2.24, 2.45) is 0 Å². The van der Waals surface area contributed by atoms with E-state index in [9.17, 15) is 8.42 Å². The van der Waals surface area contributed by atoms with E-state index in [-0.39, 0.29) is 0 Å². The minimum Gasteiger partial charge on any atom is -0.298 e. The molecule has 0 unspecified atom stereocenters. The van der Waals surface area contributed by atoms with Gasteiger partial charge in [0.15, 0.2) is 0 Å². The Morgan fingerprint density at radius 2 is 1.52 bits per heavy atom. The van der Waals surface area contributed by atoms with Crippen LogP contribution in [0.5, 0.6) is 0 Å². The highest BCUT2D eigenvalue weighted by molar-refractivity contribution is 7.89. The zero-order valence-electron chi connectivity index (χ0n) is 13.5. The van der Waals surface area contributed by atoms with E-state index in [1.54, 1.807) is 18.2 Å². The zero-order valence-corrected chi connectivity index (χ0v) is 15.1. The molecule has 2 rings (SSSR count). The SMILES string of the molecule is CN(Cc1ccc(Cl)cc1)Cc1cccc(S(=O)(=O)N(C)C)c1. The summed E-state index contributed by atoms with van der Waals surface area (Å²) in [5.74, 6) is 0. The summed E-state index contributed by atoms with van der Waals surface area (Å²) in [6.45, 7) is 1.43. The van der Waals surface area contributed by atoms with Gasteiger partial charge in [0.25, 0.3) is 0 Å². The van der Waals surface area contributed by atoms with Crippen molar-refractivity contribution in [3.05, 3.63) is 64.7 Å². The van der Waals surface area contributed by atoms with Gasteiger partial charge < -0.3 is 0 Å². The second-order valence-electron chi connectivity index (χ2n) is 5.73. The fourth-order valence-electron chi connectivity index (χ4n) is 2.28. The molecule has 0 N–H and O–H groups in total. The molecule has 0 fully saturated rings. The van der Waals surface area contributed by atoms with Crippen LogP contribution in [-0.2, 0) is 23.1 Å². The van der Waals surface area contributed by atoms with Crippen LogP contribution in [-0.4, -0.2) is 38.8 Å². The summed E-state index contributed by atoms with van der Waals surface area (Å²) in [5, 5.41) is 0.720. The average molecular weight is 353 g/mol. The van der Waals surface area contributed by atoms with E-state index >= 15 is 0 Å². The maximum absolute atomic E-state index is 12.2. The third-order valence-electron chi connectivity index (χ3n) is 3.50. The van der Waals surface area contributed by atoms with E-state index in [0.717, 1.165) is 22.7 Å². The molecule has 23 heavy (non-hydrogen) atoms. The molecule has 0 aromatic heterocycles. The molecule has 0 heterocycles. The Bertz CT molecular complexity index is 758. The largest absolute Gasteiger partial charge is 0.298 e. The van der Waals surface area contributed by atoms with Crippen LogP contribution in [0.15, 0.2) is 53.4 Å². The maximum Gasteiger partial charge on any atom is 0.242 e. The zero-order chi connectivity index (χ0) is 17.0. The van der Waals surface area contributed by atoms with Gasteiger partial charge in [0.05, 0.1) is 4.90 Å². The summed E-state index contributed by atoms with van der Waals surface area (Å²) in [4.78, 5) is 2.45.